The quantitative estimate of drug-likeness (QED) is 0.844. The summed E-state index contributed by atoms with van der Waals surface area (Å²) in [5, 5.41) is 2.80. The first-order valence-electron chi connectivity index (χ1n) is 4.28. The summed E-state index contributed by atoms with van der Waals surface area (Å²) in [6, 6.07) is 3.33. The number of halogens is 3. The maximum Gasteiger partial charge on any atom is 0.411 e. The molecule has 0 atom stereocenters. The average Bonchev–Trinajstić information content (AvgIpc) is 2.17. The summed E-state index contributed by atoms with van der Waals surface area (Å²) in [5.74, 6) is 0.662. The number of alkyl halides is 3. The molecule has 1 rings (SSSR count). The van der Waals surface area contributed by atoms with Gasteiger partial charge in [0.2, 0.25) is 0 Å². The highest BCUT2D eigenvalue weighted by Gasteiger charge is 2.27. The van der Waals surface area contributed by atoms with Crippen LogP contribution >= 0.6 is 0 Å². The van der Waals surface area contributed by atoms with E-state index in [9.17, 15) is 13.2 Å². The predicted octanol–water partition coefficient (Wildman–Crippen LogP) is 2.20. The smallest absolute Gasteiger partial charge is 0.373 e. The van der Waals surface area contributed by atoms with E-state index in [1.165, 1.54) is 6.20 Å². The Labute approximate surface area is 85.3 Å². The van der Waals surface area contributed by atoms with Gasteiger partial charge in [-0.05, 0) is 11.6 Å². The molecule has 6 heteroatoms. The minimum absolute atomic E-state index is 0.0868. The molecule has 0 amide bonds. The van der Waals surface area contributed by atoms with Crippen LogP contribution in [0.25, 0.3) is 0 Å². The van der Waals surface area contributed by atoms with Crippen molar-refractivity contribution >= 4 is 5.82 Å². The van der Waals surface area contributed by atoms with Crippen molar-refractivity contribution in [1.29, 1.82) is 0 Å². The van der Waals surface area contributed by atoms with Gasteiger partial charge < -0.3 is 10.1 Å². The Morgan fingerprint density at radius 2 is 2.13 bits per heavy atom. The second kappa shape index (κ2) is 4.97. The predicted molar refractivity (Wildman–Crippen MR) is 49.5 cm³/mol. The minimum atomic E-state index is -4.28. The van der Waals surface area contributed by atoms with Gasteiger partial charge in [0.05, 0.1) is 6.61 Å². The summed E-state index contributed by atoms with van der Waals surface area (Å²) in [5.41, 5.74) is 0.609. The summed E-state index contributed by atoms with van der Waals surface area (Å²) >= 11 is 0. The Hall–Kier alpha value is -1.30. The molecule has 0 fully saturated rings. The van der Waals surface area contributed by atoms with Gasteiger partial charge in [-0.25, -0.2) is 4.98 Å². The first-order valence-corrected chi connectivity index (χ1v) is 4.28. The zero-order chi connectivity index (χ0) is 11.3. The van der Waals surface area contributed by atoms with Crippen molar-refractivity contribution < 1.29 is 17.9 Å². The third kappa shape index (κ3) is 4.64. The molecule has 1 heterocycles. The Bertz CT molecular complexity index is 297. The van der Waals surface area contributed by atoms with E-state index in [4.69, 9.17) is 0 Å². The topological polar surface area (TPSA) is 34.1 Å². The number of ether oxygens (including phenoxy) is 1. The van der Waals surface area contributed by atoms with Crippen LogP contribution in [0.15, 0.2) is 18.3 Å². The molecule has 84 valence electrons. The Morgan fingerprint density at radius 1 is 1.40 bits per heavy atom. The first kappa shape index (κ1) is 11.8. The largest absolute Gasteiger partial charge is 0.411 e. The fourth-order valence-corrected chi connectivity index (χ4v) is 0.942. The lowest BCUT2D eigenvalue weighted by Crippen LogP contribution is -2.16. The standard InChI is InChI=1S/C9H11F3N2O/c1-13-8-3-2-7(4-14-8)5-15-6-9(10,11)12/h2-4H,5-6H2,1H3,(H,13,14). The highest BCUT2D eigenvalue weighted by Crippen LogP contribution is 2.15. The molecule has 0 saturated carbocycles. The van der Waals surface area contributed by atoms with Crippen LogP contribution in [0.1, 0.15) is 5.56 Å². The van der Waals surface area contributed by atoms with Gasteiger partial charge in [-0.2, -0.15) is 13.2 Å². The van der Waals surface area contributed by atoms with E-state index in [-0.39, 0.29) is 6.61 Å². The van der Waals surface area contributed by atoms with Crippen molar-refractivity contribution in [2.75, 3.05) is 19.0 Å². The molecule has 0 spiro atoms. The molecular formula is C9H11F3N2O. The fourth-order valence-electron chi connectivity index (χ4n) is 0.942. The lowest BCUT2D eigenvalue weighted by Gasteiger charge is -2.07. The SMILES string of the molecule is CNc1ccc(COCC(F)(F)F)cn1. The van der Waals surface area contributed by atoms with Gasteiger partial charge in [0.1, 0.15) is 12.4 Å². The molecule has 15 heavy (non-hydrogen) atoms. The van der Waals surface area contributed by atoms with Crippen LogP contribution in [-0.2, 0) is 11.3 Å². The van der Waals surface area contributed by atoms with Crippen molar-refractivity contribution in [2.45, 2.75) is 12.8 Å². The number of nitrogens with zero attached hydrogens (tertiary/aromatic N) is 1. The third-order valence-electron chi connectivity index (χ3n) is 1.62. The van der Waals surface area contributed by atoms with E-state index >= 15 is 0 Å². The van der Waals surface area contributed by atoms with Crippen LogP contribution < -0.4 is 5.32 Å². The molecule has 1 aromatic rings. The van der Waals surface area contributed by atoms with Crippen LogP contribution in [-0.4, -0.2) is 24.8 Å². The Balaban J connectivity index is 2.38. The van der Waals surface area contributed by atoms with Gasteiger partial charge in [-0.15, -0.1) is 0 Å². The van der Waals surface area contributed by atoms with Crippen LogP contribution in [0, 0.1) is 0 Å². The highest BCUT2D eigenvalue weighted by molar-refractivity contribution is 5.34. The summed E-state index contributed by atoms with van der Waals surface area (Å²) in [7, 11) is 1.71. The van der Waals surface area contributed by atoms with Gasteiger partial charge in [-0.3, -0.25) is 0 Å². The lowest BCUT2D eigenvalue weighted by atomic mass is 10.3. The van der Waals surface area contributed by atoms with E-state index in [1.807, 2.05) is 0 Å². The Kier molecular flexibility index (Phi) is 3.90. The average molecular weight is 220 g/mol. The second-order valence-corrected chi connectivity index (χ2v) is 2.91. The molecule has 3 nitrogen and oxygen atoms in total. The van der Waals surface area contributed by atoms with Gasteiger partial charge in [0.15, 0.2) is 0 Å². The van der Waals surface area contributed by atoms with Crippen molar-refractivity contribution in [3.05, 3.63) is 23.9 Å². The molecular weight excluding hydrogens is 209 g/mol. The van der Waals surface area contributed by atoms with E-state index < -0.39 is 12.8 Å². The summed E-state index contributed by atoms with van der Waals surface area (Å²) in [6.45, 7) is -1.32. The van der Waals surface area contributed by atoms with Crippen LogP contribution in [0.5, 0.6) is 0 Å². The summed E-state index contributed by atoms with van der Waals surface area (Å²) in [4.78, 5) is 3.94. The zero-order valence-electron chi connectivity index (χ0n) is 8.14. The molecule has 0 unspecified atom stereocenters. The van der Waals surface area contributed by atoms with Gasteiger partial charge >= 0.3 is 6.18 Å². The summed E-state index contributed by atoms with van der Waals surface area (Å²) < 4.78 is 39.7. The molecule has 0 aliphatic carbocycles. The number of rotatable bonds is 4. The van der Waals surface area contributed by atoms with Gasteiger partial charge in [-0.1, -0.05) is 6.07 Å². The second-order valence-electron chi connectivity index (χ2n) is 2.91. The fraction of sp³-hybridized carbons (Fsp3) is 0.444. The normalized spacial score (nSPS) is 11.5. The van der Waals surface area contributed by atoms with Crippen molar-refractivity contribution in [3.63, 3.8) is 0 Å². The lowest BCUT2D eigenvalue weighted by molar-refractivity contribution is -0.176. The van der Waals surface area contributed by atoms with Crippen molar-refractivity contribution in [1.82, 2.24) is 4.98 Å². The number of hydrogen-bond donors (Lipinski definition) is 1. The van der Waals surface area contributed by atoms with E-state index in [2.05, 4.69) is 15.0 Å². The molecule has 0 aliphatic rings. The minimum Gasteiger partial charge on any atom is -0.373 e. The summed E-state index contributed by atoms with van der Waals surface area (Å²) in [6.07, 6.45) is -2.81. The molecule has 0 aliphatic heterocycles. The first-order chi connectivity index (χ1) is 7.01. The molecule has 1 N–H and O–H groups in total. The van der Waals surface area contributed by atoms with E-state index in [0.29, 0.717) is 11.4 Å². The van der Waals surface area contributed by atoms with Crippen molar-refractivity contribution in [2.24, 2.45) is 0 Å². The number of nitrogens with one attached hydrogen (secondary N) is 1. The third-order valence-corrected chi connectivity index (χ3v) is 1.62. The monoisotopic (exact) mass is 220 g/mol. The Morgan fingerprint density at radius 3 is 2.60 bits per heavy atom. The number of anilines is 1. The molecule has 0 radical (unpaired) electrons. The van der Waals surface area contributed by atoms with Gasteiger partial charge in [0, 0.05) is 13.2 Å². The molecule has 0 bridgehead atoms. The highest BCUT2D eigenvalue weighted by atomic mass is 19.4. The van der Waals surface area contributed by atoms with Crippen molar-refractivity contribution in [3.8, 4) is 0 Å². The van der Waals surface area contributed by atoms with Crippen LogP contribution in [0.4, 0.5) is 19.0 Å². The van der Waals surface area contributed by atoms with Crippen LogP contribution in [0.3, 0.4) is 0 Å². The van der Waals surface area contributed by atoms with Crippen LogP contribution in [0.2, 0.25) is 0 Å². The number of aromatic nitrogens is 1. The zero-order valence-corrected chi connectivity index (χ0v) is 8.14. The molecule has 0 saturated heterocycles. The maximum absolute atomic E-state index is 11.7. The number of hydrogen-bond acceptors (Lipinski definition) is 3. The molecule has 1 aromatic heterocycles. The van der Waals surface area contributed by atoms with Gasteiger partial charge in [0.25, 0.3) is 0 Å². The maximum atomic E-state index is 11.7. The van der Waals surface area contributed by atoms with E-state index in [0.717, 1.165) is 0 Å². The van der Waals surface area contributed by atoms with E-state index in [1.54, 1.807) is 19.2 Å². The number of pyridine rings is 1. The molecule has 0 aromatic carbocycles.